The van der Waals surface area contributed by atoms with E-state index in [2.05, 4.69) is 16.5 Å². The fraction of sp³-hybridized carbons (Fsp3) is 0.167. The van der Waals surface area contributed by atoms with Crippen LogP contribution in [0.25, 0.3) is 0 Å². The third-order valence-electron chi connectivity index (χ3n) is 2.21. The highest BCUT2D eigenvalue weighted by molar-refractivity contribution is 6.03. The summed E-state index contributed by atoms with van der Waals surface area (Å²) in [5, 5.41) is 6.94. The molecule has 4 heteroatoms. The summed E-state index contributed by atoms with van der Waals surface area (Å²) in [6, 6.07) is 11.6. The van der Waals surface area contributed by atoms with Crippen LogP contribution in [0.1, 0.15) is 16.1 Å². The normalized spacial score (nSPS) is 10.1. The van der Waals surface area contributed by atoms with Gasteiger partial charge in [-0.3, -0.25) is 9.48 Å². The van der Waals surface area contributed by atoms with Crippen LogP contribution in [0.4, 0.5) is 5.82 Å². The van der Waals surface area contributed by atoms with Crippen molar-refractivity contribution < 1.29 is 4.79 Å². The first-order valence-corrected chi connectivity index (χ1v) is 4.95. The molecule has 1 amide bonds. The van der Waals surface area contributed by atoms with Gasteiger partial charge in [-0.2, -0.15) is 5.10 Å². The molecule has 1 aromatic carbocycles. The number of carbonyl (C=O) groups is 1. The second kappa shape index (κ2) is 4.18. The average molecular weight is 214 g/mol. The van der Waals surface area contributed by atoms with Gasteiger partial charge in [0.05, 0.1) is 5.69 Å². The molecule has 0 spiro atoms. The molecule has 1 heterocycles. The molecule has 1 N–H and O–H groups in total. The van der Waals surface area contributed by atoms with Crippen LogP contribution in [0, 0.1) is 13.0 Å². The number of anilines is 1. The third kappa shape index (κ3) is 2.11. The highest BCUT2D eigenvalue weighted by Crippen LogP contribution is 2.09. The Morgan fingerprint density at radius 2 is 2.38 bits per heavy atom. The number of carbonyl (C=O) groups excluding carboxylic acids is 1. The van der Waals surface area contributed by atoms with Crippen LogP contribution >= 0.6 is 0 Å². The van der Waals surface area contributed by atoms with Gasteiger partial charge in [-0.15, -0.1) is 0 Å². The molecule has 0 atom stereocenters. The maximum absolute atomic E-state index is 11.8. The summed E-state index contributed by atoms with van der Waals surface area (Å²) in [6.45, 7) is 1.88. The Morgan fingerprint density at radius 3 is 2.94 bits per heavy atom. The van der Waals surface area contributed by atoms with Crippen LogP contribution in [0.3, 0.4) is 0 Å². The summed E-state index contributed by atoms with van der Waals surface area (Å²) < 4.78 is 1.64. The van der Waals surface area contributed by atoms with Gasteiger partial charge in [-0.25, -0.2) is 0 Å². The molecule has 2 rings (SSSR count). The molecule has 0 aliphatic rings. The summed E-state index contributed by atoms with van der Waals surface area (Å²) >= 11 is 0. The molecule has 0 bridgehead atoms. The van der Waals surface area contributed by atoms with Crippen molar-refractivity contribution in [2.45, 2.75) is 6.92 Å². The molecule has 81 valence electrons. The Hall–Kier alpha value is -2.10. The molecule has 2 aromatic rings. The van der Waals surface area contributed by atoms with Crippen LogP contribution in [-0.2, 0) is 7.05 Å². The molecular formula is C12H12N3O. The predicted molar refractivity (Wildman–Crippen MR) is 61.2 cm³/mol. The van der Waals surface area contributed by atoms with Crippen molar-refractivity contribution in [3.8, 4) is 0 Å². The number of aromatic nitrogens is 2. The quantitative estimate of drug-likeness (QED) is 0.828. The molecule has 0 fully saturated rings. The first kappa shape index (κ1) is 10.4. The van der Waals surface area contributed by atoms with Gasteiger partial charge in [-0.05, 0) is 25.1 Å². The van der Waals surface area contributed by atoms with Crippen LogP contribution in [0.15, 0.2) is 30.3 Å². The maximum atomic E-state index is 11.8. The van der Waals surface area contributed by atoms with E-state index in [4.69, 9.17) is 0 Å². The lowest BCUT2D eigenvalue weighted by molar-refractivity contribution is 0.102. The van der Waals surface area contributed by atoms with E-state index in [1.165, 1.54) is 0 Å². The molecule has 0 aliphatic carbocycles. The number of nitrogens with one attached hydrogen (secondary N) is 1. The van der Waals surface area contributed by atoms with Crippen molar-refractivity contribution in [2.75, 3.05) is 5.32 Å². The largest absolute Gasteiger partial charge is 0.307 e. The van der Waals surface area contributed by atoms with Gasteiger partial charge in [0.25, 0.3) is 5.91 Å². The number of rotatable bonds is 2. The van der Waals surface area contributed by atoms with Crippen molar-refractivity contribution in [2.24, 2.45) is 7.05 Å². The van der Waals surface area contributed by atoms with E-state index >= 15 is 0 Å². The van der Waals surface area contributed by atoms with Crippen molar-refractivity contribution in [3.63, 3.8) is 0 Å². The predicted octanol–water partition coefficient (Wildman–Crippen LogP) is 1.78. The molecule has 16 heavy (non-hydrogen) atoms. The van der Waals surface area contributed by atoms with Crippen LogP contribution in [-0.4, -0.2) is 15.7 Å². The molecule has 0 aliphatic heterocycles. The van der Waals surface area contributed by atoms with Gasteiger partial charge < -0.3 is 5.32 Å². The fourth-order valence-corrected chi connectivity index (χ4v) is 1.45. The van der Waals surface area contributed by atoms with E-state index in [1.807, 2.05) is 13.0 Å². The van der Waals surface area contributed by atoms with Crippen molar-refractivity contribution in [1.29, 1.82) is 0 Å². The smallest absolute Gasteiger partial charge is 0.256 e. The lowest BCUT2D eigenvalue weighted by Gasteiger charge is -2.04. The Balaban J connectivity index is 2.17. The molecule has 1 radical (unpaired) electrons. The Bertz CT molecular complexity index is 502. The summed E-state index contributed by atoms with van der Waals surface area (Å²) in [4.78, 5) is 11.8. The maximum Gasteiger partial charge on any atom is 0.256 e. The SMILES string of the molecule is Cc1cc(NC(=O)c2c[c]ccc2)n(C)n1. The highest BCUT2D eigenvalue weighted by Gasteiger charge is 2.08. The van der Waals surface area contributed by atoms with Gasteiger partial charge in [0.1, 0.15) is 5.82 Å². The highest BCUT2D eigenvalue weighted by atomic mass is 16.1. The average Bonchev–Trinajstić information content (AvgIpc) is 2.59. The van der Waals surface area contributed by atoms with E-state index in [9.17, 15) is 4.79 Å². The zero-order valence-electron chi connectivity index (χ0n) is 9.19. The molecular weight excluding hydrogens is 202 g/mol. The monoisotopic (exact) mass is 214 g/mol. The lowest BCUT2D eigenvalue weighted by atomic mass is 10.2. The standard InChI is InChI=1S/C12H12N3O/c1-9-8-11(15(2)14-9)13-12(16)10-6-4-3-5-7-10/h3-4,6-8H,1-2H3,(H,13,16). The van der Waals surface area contributed by atoms with Crippen LogP contribution < -0.4 is 5.32 Å². The van der Waals surface area contributed by atoms with E-state index in [-0.39, 0.29) is 5.91 Å². The van der Waals surface area contributed by atoms with Gasteiger partial charge >= 0.3 is 0 Å². The number of hydrogen-bond acceptors (Lipinski definition) is 2. The summed E-state index contributed by atoms with van der Waals surface area (Å²) in [7, 11) is 1.79. The van der Waals surface area contributed by atoms with Gasteiger partial charge in [0.2, 0.25) is 0 Å². The number of hydrogen-bond donors (Lipinski definition) is 1. The van der Waals surface area contributed by atoms with E-state index in [0.717, 1.165) is 5.69 Å². The van der Waals surface area contributed by atoms with Crippen LogP contribution in [0.2, 0.25) is 0 Å². The van der Waals surface area contributed by atoms with E-state index in [0.29, 0.717) is 11.4 Å². The Labute approximate surface area is 93.9 Å². The third-order valence-corrected chi connectivity index (χ3v) is 2.21. The summed E-state index contributed by atoms with van der Waals surface area (Å²) in [5.74, 6) is 0.534. The zero-order chi connectivity index (χ0) is 11.5. The minimum absolute atomic E-state index is 0.153. The van der Waals surface area contributed by atoms with Crippen LogP contribution in [0.5, 0.6) is 0 Å². The number of aryl methyl sites for hydroxylation is 2. The van der Waals surface area contributed by atoms with Gasteiger partial charge in [-0.1, -0.05) is 12.1 Å². The lowest BCUT2D eigenvalue weighted by Crippen LogP contribution is -2.14. The minimum Gasteiger partial charge on any atom is -0.307 e. The molecule has 0 saturated carbocycles. The summed E-state index contributed by atoms with van der Waals surface area (Å²) in [5.41, 5.74) is 1.46. The van der Waals surface area contributed by atoms with Crippen molar-refractivity contribution in [1.82, 2.24) is 9.78 Å². The first-order chi connectivity index (χ1) is 7.66. The molecule has 4 nitrogen and oxygen atoms in total. The van der Waals surface area contributed by atoms with E-state index < -0.39 is 0 Å². The minimum atomic E-state index is -0.153. The second-order valence-electron chi connectivity index (χ2n) is 3.54. The zero-order valence-corrected chi connectivity index (χ0v) is 9.19. The molecule has 0 saturated heterocycles. The first-order valence-electron chi connectivity index (χ1n) is 4.95. The van der Waals surface area contributed by atoms with Crippen molar-refractivity contribution in [3.05, 3.63) is 47.7 Å². The molecule has 0 unspecified atom stereocenters. The second-order valence-corrected chi connectivity index (χ2v) is 3.54. The van der Waals surface area contributed by atoms with Gasteiger partial charge in [0, 0.05) is 18.7 Å². The molecule has 1 aromatic heterocycles. The Morgan fingerprint density at radius 1 is 1.56 bits per heavy atom. The van der Waals surface area contributed by atoms with E-state index in [1.54, 1.807) is 36.0 Å². The topological polar surface area (TPSA) is 46.9 Å². The Kier molecular flexibility index (Phi) is 2.72. The number of benzene rings is 1. The summed E-state index contributed by atoms with van der Waals surface area (Å²) in [6.07, 6.45) is 0. The fourth-order valence-electron chi connectivity index (χ4n) is 1.45. The number of amides is 1. The van der Waals surface area contributed by atoms with Crippen molar-refractivity contribution >= 4 is 11.7 Å². The van der Waals surface area contributed by atoms with Gasteiger partial charge in [0.15, 0.2) is 0 Å². The number of nitrogens with zero attached hydrogens (tertiary/aromatic N) is 2.